The number of nitrogens with one attached hydrogen (secondary N) is 7. The molecule has 0 unspecified atom stereocenters. The lowest BCUT2D eigenvalue weighted by molar-refractivity contribution is -0.142. The van der Waals surface area contributed by atoms with Crippen LogP contribution in [0.3, 0.4) is 0 Å². The Kier molecular flexibility index (Phi) is 17.6. The van der Waals surface area contributed by atoms with Gasteiger partial charge in [0.25, 0.3) is 0 Å². The van der Waals surface area contributed by atoms with Crippen LogP contribution in [0.4, 0.5) is 0 Å². The molecule has 304 valence electrons. The predicted molar refractivity (Wildman–Crippen MR) is 210 cm³/mol. The zero-order valence-electron chi connectivity index (χ0n) is 31.2. The molecule has 0 bridgehead atoms. The fourth-order valence-corrected chi connectivity index (χ4v) is 5.80. The van der Waals surface area contributed by atoms with E-state index in [9.17, 15) is 43.8 Å². The van der Waals surface area contributed by atoms with Crippen molar-refractivity contribution in [2.24, 2.45) is 11.5 Å². The molecule has 13 N–H and O–H groups in total. The number of phenols is 1. The molecular formula is C37H51N9O9S. The maximum atomic E-state index is 13.7. The SMILES string of the molecule is C[C@H](N)C(=O)N[C@@H](Cc1c[nH]c2ccccc12)C(=O)N[C@@H](CCCCN)C(=O)N[C@@H](C)C(=O)NCC(=O)N[C@@H](CS)C(=O)N[C@@H](Cc1ccc(O)cc1)C(=O)O. The number of fused-ring (bicyclic) bond motifs is 1. The molecule has 3 aromatic rings. The number of nitrogens with two attached hydrogens (primary N) is 2. The van der Waals surface area contributed by atoms with E-state index in [1.807, 2.05) is 24.3 Å². The molecule has 6 atom stereocenters. The minimum Gasteiger partial charge on any atom is -0.508 e. The fraction of sp³-hybridized carbons (Fsp3) is 0.432. The summed E-state index contributed by atoms with van der Waals surface area (Å²) in [6.07, 6.45) is 2.89. The number of thiol groups is 1. The molecule has 2 aromatic carbocycles. The number of carbonyl (C=O) groups excluding carboxylic acids is 6. The number of aromatic amines is 1. The second kappa shape index (κ2) is 22.0. The highest BCUT2D eigenvalue weighted by atomic mass is 32.1. The van der Waals surface area contributed by atoms with E-state index in [-0.39, 0.29) is 30.8 Å². The van der Waals surface area contributed by atoms with E-state index < -0.39 is 84.2 Å². The zero-order valence-corrected chi connectivity index (χ0v) is 32.1. The van der Waals surface area contributed by atoms with Crippen LogP contribution in [0, 0.1) is 0 Å². The summed E-state index contributed by atoms with van der Waals surface area (Å²) in [6, 6.07) is 6.30. The quantitative estimate of drug-likeness (QED) is 0.0419. The van der Waals surface area contributed by atoms with Crippen LogP contribution in [-0.2, 0) is 46.4 Å². The van der Waals surface area contributed by atoms with Crippen molar-refractivity contribution in [3.05, 3.63) is 65.9 Å². The predicted octanol–water partition coefficient (Wildman–Crippen LogP) is -1.29. The molecule has 3 rings (SSSR count). The van der Waals surface area contributed by atoms with Gasteiger partial charge in [-0.3, -0.25) is 28.8 Å². The average Bonchev–Trinajstić information content (AvgIpc) is 3.57. The Bertz CT molecular complexity index is 1840. The van der Waals surface area contributed by atoms with Crippen LogP contribution in [0.1, 0.15) is 44.2 Å². The molecule has 0 spiro atoms. The third-order valence-electron chi connectivity index (χ3n) is 8.73. The summed E-state index contributed by atoms with van der Waals surface area (Å²) in [6.45, 7) is 2.59. The van der Waals surface area contributed by atoms with E-state index in [1.54, 1.807) is 6.20 Å². The lowest BCUT2D eigenvalue weighted by atomic mass is 10.0. The van der Waals surface area contributed by atoms with E-state index >= 15 is 0 Å². The number of phenolic OH excluding ortho intramolecular Hbond substituents is 1. The second-order valence-electron chi connectivity index (χ2n) is 13.3. The molecule has 1 aromatic heterocycles. The molecule has 0 aliphatic rings. The van der Waals surface area contributed by atoms with Crippen LogP contribution in [0.15, 0.2) is 54.7 Å². The molecule has 0 saturated heterocycles. The Morgan fingerprint density at radius 2 is 1.38 bits per heavy atom. The summed E-state index contributed by atoms with van der Waals surface area (Å²) in [4.78, 5) is 93.2. The number of aromatic nitrogens is 1. The Balaban J connectivity index is 1.60. The van der Waals surface area contributed by atoms with Crippen molar-refractivity contribution in [2.75, 3.05) is 18.8 Å². The molecule has 6 amide bonds. The molecule has 0 aliphatic carbocycles. The normalized spacial score (nSPS) is 14.2. The fourth-order valence-electron chi connectivity index (χ4n) is 5.55. The van der Waals surface area contributed by atoms with Gasteiger partial charge in [-0.15, -0.1) is 0 Å². The van der Waals surface area contributed by atoms with Gasteiger partial charge in [0.15, 0.2) is 0 Å². The number of H-pyrrole nitrogens is 1. The summed E-state index contributed by atoms with van der Waals surface area (Å²) in [5.74, 6) is -5.81. The summed E-state index contributed by atoms with van der Waals surface area (Å²) in [7, 11) is 0. The first-order chi connectivity index (χ1) is 26.6. The number of aromatic hydroxyl groups is 1. The molecule has 19 heteroatoms. The van der Waals surface area contributed by atoms with Crippen molar-refractivity contribution < 1.29 is 43.8 Å². The van der Waals surface area contributed by atoms with Crippen LogP contribution in [0.2, 0.25) is 0 Å². The molecule has 0 fully saturated rings. The van der Waals surface area contributed by atoms with Crippen molar-refractivity contribution >= 4 is 64.9 Å². The minimum atomic E-state index is -1.35. The van der Waals surface area contributed by atoms with Gasteiger partial charge in [-0.25, -0.2) is 4.79 Å². The molecule has 56 heavy (non-hydrogen) atoms. The lowest BCUT2D eigenvalue weighted by Gasteiger charge is -2.25. The van der Waals surface area contributed by atoms with E-state index in [0.29, 0.717) is 24.9 Å². The van der Waals surface area contributed by atoms with Crippen molar-refractivity contribution in [1.82, 2.24) is 36.9 Å². The largest absolute Gasteiger partial charge is 0.508 e. The Hall–Kier alpha value is -5.66. The van der Waals surface area contributed by atoms with Crippen molar-refractivity contribution in [2.45, 2.75) is 82.2 Å². The average molecular weight is 798 g/mol. The van der Waals surface area contributed by atoms with Gasteiger partial charge in [0, 0.05) is 35.7 Å². The van der Waals surface area contributed by atoms with Gasteiger partial charge in [-0.2, -0.15) is 12.6 Å². The van der Waals surface area contributed by atoms with Gasteiger partial charge in [0.1, 0.15) is 36.0 Å². The maximum Gasteiger partial charge on any atom is 0.326 e. The first-order valence-corrected chi connectivity index (χ1v) is 18.7. The molecule has 0 aliphatic heterocycles. The van der Waals surface area contributed by atoms with Gasteiger partial charge in [-0.1, -0.05) is 30.3 Å². The summed E-state index contributed by atoms with van der Waals surface area (Å²) >= 11 is 4.09. The van der Waals surface area contributed by atoms with E-state index in [4.69, 9.17) is 11.5 Å². The number of unbranched alkanes of at least 4 members (excludes halogenated alkanes) is 1. The second-order valence-corrected chi connectivity index (χ2v) is 13.6. The molecular weight excluding hydrogens is 747 g/mol. The number of para-hydroxylation sites is 1. The number of carboxylic acids is 1. The van der Waals surface area contributed by atoms with E-state index in [1.165, 1.54) is 38.1 Å². The highest BCUT2D eigenvalue weighted by molar-refractivity contribution is 7.80. The standard InChI is InChI=1S/C37H51N9O9S/c1-20(39)32(49)45-28(16-23-17-40-26-8-4-3-7-25(23)26)35(52)44-27(9-5-6-14-38)34(51)42-21(2)33(50)41-18-31(48)43-30(19-56)36(53)46-29(37(54)55)15-22-10-12-24(47)13-11-22/h3-4,7-8,10-13,17,20-21,27-30,40,47,56H,5-6,9,14-16,18-19,38-39H2,1-2H3,(H,41,50)(H,42,51)(H,43,48)(H,44,52)(H,45,49)(H,46,53)(H,54,55)/t20-,21-,27-,28-,29-,30-/m0/s1. The third kappa shape index (κ3) is 13.9. The maximum absolute atomic E-state index is 13.7. The smallest absolute Gasteiger partial charge is 0.326 e. The summed E-state index contributed by atoms with van der Waals surface area (Å²) in [5, 5.41) is 35.0. The number of rotatable bonds is 22. The van der Waals surface area contributed by atoms with E-state index in [0.717, 1.165) is 16.5 Å². The lowest BCUT2D eigenvalue weighted by Crippen LogP contribution is -2.58. The van der Waals surface area contributed by atoms with Crippen molar-refractivity contribution in [1.29, 1.82) is 0 Å². The van der Waals surface area contributed by atoms with Gasteiger partial charge < -0.3 is 58.6 Å². The number of carboxylic acid groups (broad SMARTS) is 1. The van der Waals surface area contributed by atoms with Gasteiger partial charge >= 0.3 is 5.97 Å². The number of hydrogen-bond acceptors (Lipinski definition) is 11. The van der Waals surface area contributed by atoms with Gasteiger partial charge in [0.2, 0.25) is 35.4 Å². The topological polar surface area (TPSA) is 300 Å². The van der Waals surface area contributed by atoms with Crippen molar-refractivity contribution in [3.63, 3.8) is 0 Å². The van der Waals surface area contributed by atoms with Crippen LogP contribution in [0.5, 0.6) is 5.75 Å². The molecule has 0 radical (unpaired) electrons. The first-order valence-electron chi connectivity index (χ1n) is 18.0. The number of carbonyl (C=O) groups is 7. The molecule has 0 saturated carbocycles. The summed E-state index contributed by atoms with van der Waals surface area (Å²) in [5.41, 5.74) is 13.5. The number of benzene rings is 2. The Morgan fingerprint density at radius 1 is 0.750 bits per heavy atom. The van der Waals surface area contributed by atoms with Gasteiger partial charge in [-0.05, 0) is 69.0 Å². The van der Waals surface area contributed by atoms with Gasteiger partial charge in [0.05, 0.1) is 12.6 Å². The number of amides is 6. The first kappa shape index (κ1) is 44.7. The Morgan fingerprint density at radius 3 is 2.02 bits per heavy atom. The zero-order chi connectivity index (χ0) is 41.4. The van der Waals surface area contributed by atoms with Crippen LogP contribution < -0.4 is 43.4 Å². The molecule has 1 heterocycles. The monoisotopic (exact) mass is 797 g/mol. The Labute approximate surface area is 329 Å². The van der Waals surface area contributed by atoms with Crippen LogP contribution >= 0.6 is 12.6 Å². The third-order valence-corrected chi connectivity index (χ3v) is 9.09. The molecule has 18 nitrogen and oxygen atoms in total. The van der Waals surface area contributed by atoms with E-state index in [2.05, 4.69) is 49.5 Å². The highest BCUT2D eigenvalue weighted by Gasteiger charge is 2.30. The number of aliphatic carboxylic acids is 1. The van der Waals surface area contributed by atoms with Crippen molar-refractivity contribution in [3.8, 4) is 5.75 Å². The van der Waals surface area contributed by atoms with Crippen LogP contribution in [-0.4, -0.2) is 112 Å². The minimum absolute atomic E-state index is 0.00847. The highest BCUT2D eigenvalue weighted by Crippen LogP contribution is 2.19. The summed E-state index contributed by atoms with van der Waals surface area (Å²) < 4.78 is 0. The number of hydrogen-bond donors (Lipinski definition) is 12. The van der Waals surface area contributed by atoms with Crippen LogP contribution in [0.25, 0.3) is 10.9 Å².